The molecule has 1 aliphatic heterocycles. The van der Waals surface area contributed by atoms with Crippen LogP contribution >= 0.6 is 11.6 Å². The molecule has 0 saturated heterocycles. The summed E-state index contributed by atoms with van der Waals surface area (Å²) in [6.07, 6.45) is 5.91. The molecule has 4 rings (SSSR count). The number of aromatic carboxylic acids is 1. The van der Waals surface area contributed by atoms with Gasteiger partial charge in [-0.15, -0.1) is 0 Å². The van der Waals surface area contributed by atoms with Gasteiger partial charge in [0.15, 0.2) is 0 Å². The molecule has 158 valence electrons. The van der Waals surface area contributed by atoms with Gasteiger partial charge in [0, 0.05) is 24.0 Å². The number of carbonyl (C=O) groups excluding carboxylic acids is 1. The number of hydrogen-bond acceptors (Lipinski definition) is 4. The van der Waals surface area contributed by atoms with Crippen LogP contribution in [0, 0.1) is 11.8 Å². The van der Waals surface area contributed by atoms with Crippen molar-refractivity contribution in [3.8, 4) is 5.75 Å². The zero-order valence-corrected chi connectivity index (χ0v) is 17.6. The first-order chi connectivity index (χ1) is 14.5. The lowest BCUT2D eigenvalue weighted by atomic mass is 9.74. The molecule has 1 N–H and O–H groups in total. The highest BCUT2D eigenvalue weighted by Gasteiger charge is 2.32. The smallest absolute Gasteiger partial charge is 0.335 e. The first-order valence-electron chi connectivity index (χ1n) is 10.5. The van der Waals surface area contributed by atoms with E-state index in [2.05, 4.69) is 4.90 Å². The van der Waals surface area contributed by atoms with Gasteiger partial charge in [0.1, 0.15) is 18.6 Å². The van der Waals surface area contributed by atoms with Crippen LogP contribution in [0.25, 0.3) is 0 Å². The Morgan fingerprint density at radius 1 is 1.17 bits per heavy atom. The Morgan fingerprint density at radius 3 is 2.77 bits per heavy atom. The van der Waals surface area contributed by atoms with E-state index in [-0.39, 0.29) is 11.5 Å². The number of anilines is 1. The normalized spacial score (nSPS) is 21.3. The topological polar surface area (TPSA) is 66.8 Å². The monoisotopic (exact) mass is 427 g/mol. The van der Waals surface area contributed by atoms with E-state index < -0.39 is 5.97 Å². The summed E-state index contributed by atoms with van der Waals surface area (Å²) in [5, 5.41) is 10.2. The molecule has 1 saturated carbocycles. The summed E-state index contributed by atoms with van der Waals surface area (Å²) in [5.41, 5.74) is 3.33. The zero-order valence-electron chi connectivity index (χ0n) is 16.9. The molecule has 0 amide bonds. The molecule has 1 heterocycles. The number of halogens is 1. The number of rotatable bonds is 4. The molecule has 0 radical (unpaired) electrons. The van der Waals surface area contributed by atoms with E-state index in [4.69, 9.17) is 16.3 Å². The maximum atomic E-state index is 11.6. The molecular formula is C24H26ClNO4. The molecular weight excluding hydrogens is 402 g/mol. The summed E-state index contributed by atoms with van der Waals surface area (Å²) in [6.45, 7) is 1.93. The predicted octanol–water partition coefficient (Wildman–Crippen LogP) is 4.99. The molecule has 6 heteroatoms. The molecule has 2 aliphatic rings. The minimum atomic E-state index is -0.957. The number of benzene rings is 2. The van der Waals surface area contributed by atoms with Crippen molar-refractivity contribution in [2.45, 2.75) is 38.7 Å². The number of nitrogens with zero attached hydrogens (tertiary/aromatic N) is 1. The summed E-state index contributed by atoms with van der Waals surface area (Å²) in [7, 11) is 0. The van der Waals surface area contributed by atoms with Crippen LogP contribution in [0.1, 0.15) is 47.2 Å². The van der Waals surface area contributed by atoms with Crippen LogP contribution in [0.4, 0.5) is 5.69 Å². The van der Waals surface area contributed by atoms with Crippen LogP contribution in [-0.2, 0) is 17.8 Å². The second-order valence-corrected chi connectivity index (χ2v) is 8.67. The molecule has 1 aliphatic carbocycles. The Bertz CT molecular complexity index is 945. The number of carboxylic acids is 1. The SMILES string of the molecule is O=C[C@@H]1CC[C@H]1CN1CCCCc2cc(Cl)ccc2COc2ccc(C(=O)O)cc21. The van der Waals surface area contributed by atoms with Gasteiger partial charge in [-0.25, -0.2) is 4.79 Å². The molecule has 2 aromatic carbocycles. The second-order valence-electron chi connectivity index (χ2n) is 8.23. The summed E-state index contributed by atoms with van der Waals surface area (Å²) in [4.78, 5) is 25.1. The average molecular weight is 428 g/mol. The maximum Gasteiger partial charge on any atom is 0.335 e. The van der Waals surface area contributed by atoms with Crippen LogP contribution < -0.4 is 9.64 Å². The van der Waals surface area contributed by atoms with Crippen molar-refractivity contribution in [3.05, 3.63) is 58.1 Å². The van der Waals surface area contributed by atoms with Crippen molar-refractivity contribution < 1.29 is 19.4 Å². The van der Waals surface area contributed by atoms with Crippen LogP contribution in [0.2, 0.25) is 5.02 Å². The van der Waals surface area contributed by atoms with Gasteiger partial charge in [0.05, 0.1) is 11.3 Å². The fraction of sp³-hybridized carbons (Fsp3) is 0.417. The Labute approximate surface area is 181 Å². The third kappa shape index (κ3) is 4.46. The molecule has 1 fully saturated rings. The number of aryl methyl sites for hydroxylation is 1. The summed E-state index contributed by atoms with van der Waals surface area (Å²) >= 11 is 6.20. The first kappa shape index (κ1) is 20.7. The highest BCUT2D eigenvalue weighted by molar-refractivity contribution is 6.30. The van der Waals surface area contributed by atoms with Crippen molar-refractivity contribution in [2.75, 3.05) is 18.0 Å². The minimum Gasteiger partial charge on any atom is -0.487 e. The quantitative estimate of drug-likeness (QED) is 0.696. The van der Waals surface area contributed by atoms with Gasteiger partial charge in [0.2, 0.25) is 0 Å². The minimum absolute atomic E-state index is 0.0987. The molecule has 0 unspecified atom stereocenters. The van der Waals surface area contributed by atoms with Crippen LogP contribution in [-0.4, -0.2) is 30.5 Å². The van der Waals surface area contributed by atoms with E-state index in [9.17, 15) is 14.7 Å². The summed E-state index contributed by atoms with van der Waals surface area (Å²) < 4.78 is 6.19. The highest BCUT2D eigenvalue weighted by atomic mass is 35.5. The highest BCUT2D eigenvalue weighted by Crippen LogP contribution is 2.38. The zero-order chi connectivity index (χ0) is 21.1. The number of ether oxygens (including phenoxy) is 1. The van der Waals surface area contributed by atoms with Crippen LogP contribution in [0.3, 0.4) is 0 Å². The van der Waals surface area contributed by atoms with E-state index in [1.807, 2.05) is 18.2 Å². The van der Waals surface area contributed by atoms with Gasteiger partial charge in [0.25, 0.3) is 0 Å². The van der Waals surface area contributed by atoms with E-state index >= 15 is 0 Å². The van der Waals surface area contributed by atoms with Crippen LogP contribution in [0.5, 0.6) is 5.75 Å². The van der Waals surface area contributed by atoms with Gasteiger partial charge in [-0.2, -0.15) is 0 Å². The Kier molecular flexibility index (Phi) is 6.28. The van der Waals surface area contributed by atoms with Crippen molar-refractivity contribution in [1.82, 2.24) is 0 Å². The predicted molar refractivity (Wildman–Crippen MR) is 117 cm³/mol. The average Bonchev–Trinajstić information content (AvgIpc) is 2.74. The molecule has 0 spiro atoms. The fourth-order valence-electron chi connectivity index (χ4n) is 4.36. The van der Waals surface area contributed by atoms with Crippen molar-refractivity contribution in [1.29, 1.82) is 0 Å². The Balaban J connectivity index is 1.67. The molecule has 30 heavy (non-hydrogen) atoms. The van der Waals surface area contributed by atoms with E-state index in [0.29, 0.717) is 18.3 Å². The number of aldehydes is 1. The lowest BCUT2D eigenvalue weighted by molar-refractivity contribution is -0.115. The Hall–Kier alpha value is -2.53. The lowest BCUT2D eigenvalue weighted by Crippen LogP contribution is -2.39. The molecule has 2 aromatic rings. The largest absolute Gasteiger partial charge is 0.487 e. The van der Waals surface area contributed by atoms with E-state index in [1.165, 1.54) is 5.56 Å². The van der Waals surface area contributed by atoms with Gasteiger partial charge < -0.3 is 19.5 Å². The number of hydrogen-bond donors (Lipinski definition) is 1. The molecule has 5 nitrogen and oxygen atoms in total. The van der Waals surface area contributed by atoms with Gasteiger partial charge >= 0.3 is 5.97 Å². The standard InChI is InChI=1S/C24H26ClNO4/c25-21-8-6-20-15-30-23-9-7-17(24(28)29)12-22(23)26(10-2-1-3-16(20)11-21)13-18-4-5-19(18)14-27/h6-9,11-12,14,18-19H,1-5,10,13,15H2,(H,28,29)/t18-,19-/m0/s1. The summed E-state index contributed by atoms with van der Waals surface area (Å²) in [5.74, 6) is 0.123. The van der Waals surface area contributed by atoms with Gasteiger partial charge in [-0.1, -0.05) is 17.7 Å². The van der Waals surface area contributed by atoms with Crippen molar-refractivity contribution in [3.63, 3.8) is 0 Å². The van der Waals surface area contributed by atoms with Crippen LogP contribution in [0.15, 0.2) is 36.4 Å². The lowest BCUT2D eigenvalue weighted by Gasteiger charge is -2.38. The number of fused-ring (bicyclic) bond motifs is 2. The molecule has 0 bridgehead atoms. The van der Waals surface area contributed by atoms with Crippen molar-refractivity contribution >= 4 is 29.5 Å². The summed E-state index contributed by atoms with van der Waals surface area (Å²) in [6, 6.07) is 10.9. The third-order valence-electron chi connectivity index (χ3n) is 6.33. The van der Waals surface area contributed by atoms with Gasteiger partial charge in [-0.3, -0.25) is 0 Å². The maximum absolute atomic E-state index is 11.6. The molecule has 0 aromatic heterocycles. The molecule has 2 atom stereocenters. The second kappa shape index (κ2) is 9.09. The number of carboxylic acid groups (broad SMARTS) is 1. The third-order valence-corrected chi connectivity index (χ3v) is 6.56. The van der Waals surface area contributed by atoms with E-state index in [0.717, 1.165) is 67.8 Å². The number of carbonyl (C=O) groups is 2. The van der Waals surface area contributed by atoms with Crippen molar-refractivity contribution in [2.24, 2.45) is 11.8 Å². The first-order valence-corrected chi connectivity index (χ1v) is 10.9. The van der Waals surface area contributed by atoms with E-state index in [1.54, 1.807) is 18.2 Å². The Morgan fingerprint density at radius 2 is 2.03 bits per heavy atom. The fourth-order valence-corrected chi connectivity index (χ4v) is 4.55. The van der Waals surface area contributed by atoms with Gasteiger partial charge in [-0.05, 0) is 79.5 Å².